The molecule has 0 amide bonds. The fourth-order valence-electron chi connectivity index (χ4n) is 3.18. The van der Waals surface area contributed by atoms with Crippen molar-refractivity contribution >= 4 is 0 Å². The average Bonchev–Trinajstić information content (AvgIpc) is 2.73. The van der Waals surface area contributed by atoms with Gasteiger partial charge in [-0.05, 0) is 36.1 Å². The van der Waals surface area contributed by atoms with Crippen molar-refractivity contribution in [2.75, 3.05) is 0 Å². The van der Waals surface area contributed by atoms with Crippen molar-refractivity contribution in [3.8, 4) is 22.6 Å². The van der Waals surface area contributed by atoms with Crippen LogP contribution in [0.25, 0.3) is 11.1 Å². The Morgan fingerprint density at radius 3 is 2.06 bits per heavy atom. The predicted octanol–water partition coefficient (Wildman–Crippen LogP) is 8.04. The smallest absolute Gasteiger partial charge is 0.267 e. The van der Waals surface area contributed by atoms with Crippen LogP contribution in [0.1, 0.15) is 36.5 Å². The van der Waals surface area contributed by atoms with Crippen molar-refractivity contribution < 1.29 is 35.5 Å². The van der Waals surface area contributed by atoms with E-state index in [1.54, 1.807) is 12.1 Å². The topological polar surface area (TPSA) is 9.23 Å². The average molecular weight is 442 g/mol. The lowest BCUT2D eigenvalue weighted by Crippen LogP contribution is -2.04. The zero-order chi connectivity index (χ0) is 22.9. The highest BCUT2D eigenvalue weighted by molar-refractivity contribution is 5.70. The highest BCUT2D eigenvalue weighted by atomic mass is 19.3. The van der Waals surface area contributed by atoms with E-state index in [1.807, 2.05) is 6.92 Å². The van der Waals surface area contributed by atoms with Gasteiger partial charge in [-0.3, -0.25) is 0 Å². The molecule has 0 spiro atoms. The summed E-state index contributed by atoms with van der Waals surface area (Å²) in [5.41, 5.74) is -0.989. The summed E-state index contributed by atoms with van der Waals surface area (Å²) in [5, 5.41) is 0. The molecule has 0 aliphatic carbocycles. The normalized spacial score (nSPS) is 11.3. The number of benzene rings is 3. The van der Waals surface area contributed by atoms with Crippen LogP contribution >= 0.6 is 0 Å². The summed E-state index contributed by atoms with van der Waals surface area (Å²) in [6, 6.07) is 7.33. The van der Waals surface area contributed by atoms with Gasteiger partial charge in [-0.25, -0.2) is 30.7 Å². The molecule has 3 aromatic rings. The molecule has 0 saturated heterocycles. The minimum absolute atomic E-state index is 0.162. The number of hydrogen-bond donors (Lipinski definition) is 0. The van der Waals surface area contributed by atoms with Gasteiger partial charge < -0.3 is 4.74 Å². The van der Waals surface area contributed by atoms with Crippen molar-refractivity contribution in [1.82, 2.24) is 0 Å². The van der Waals surface area contributed by atoms with Crippen LogP contribution < -0.4 is 4.74 Å². The Kier molecular flexibility index (Phi) is 6.57. The fraction of sp³-hybridized carbons (Fsp3) is 0.217. The van der Waals surface area contributed by atoms with Crippen LogP contribution in [0.4, 0.5) is 30.7 Å². The SMILES string of the molecule is CCCc1ccc(-c2cc(F)c(Oc3cc(F)c(F)c(F)c3C)c(F)c2C(F)F)cc1. The molecule has 0 atom stereocenters. The molecule has 0 N–H and O–H groups in total. The molecule has 3 rings (SSSR count). The highest BCUT2D eigenvalue weighted by Gasteiger charge is 2.28. The summed E-state index contributed by atoms with van der Waals surface area (Å²) >= 11 is 0. The third kappa shape index (κ3) is 4.38. The molecule has 0 saturated carbocycles. The molecule has 0 radical (unpaired) electrons. The molecule has 1 nitrogen and oxygen atoms in total. The summed E-state index contributed by atoms with van der Waals surface area (Å²) < 4.78 is 102. The summed E-state index contributed by atoms with van der Waals surface area (Å²) in [7, 11) is 0. The Labute approximate surface area is 174 Å². The largest absolute Gasteiger partial charge is 0.451 e. The minimum atomic E-state index is -3.34. The van der Waals surface area contributed by atoms with Gasteiger partial charge in [-0.1, -0.05) is 37.6 Å². The first kappa shape index (κ1) is 22.7. The molecule has 0 unspecified atom stereocenters. The van der Waals surface area contributed by atoms with E-state index in [4.69, 9.17) is 4.74 Å². The Hall–Kier alpha value is -3.03. The van der Waals surface area contributed by atoms with E-state index in [9.17, 15) is 30.7 Å². The van der Waals surface area contributed by atoms with Crippen LogP contribution in [0.5, 0.6) is 11.5 Å². The molecular formula is C23H17F7O. The lowest BCUT2D eigenvalue weighted by atomic mass is 9.97. The predicted molar refractivity (Wildman–Crippen MR) is 102 cm³/mol. The first-order valence-electron chi connectivity index (χ1n) is 9.36. The molecular weight excluding hydrogens is 425 g/mol. The first-order valence-corrected chi connectivity index (χ1v) is 9.36. The maximum atomic E-state index is 14.9. The Bertz CT molecular complexity index is 1110. The van der Waals surface area contributed by atoms with Crippen molar-refractivity contribution in [3.63, 3.8) is 0 Å². The van der Waals surface area contributed by atoms with Crippen molar-refractivity contribution in [2.45, 2.75) is 33.1 Å². The molecule has 31 heavy (non-hydrogen) atoms. The van der Waals surface area contributed by atoms with Crippen LogP contribution in [0, 0.1) is 36.0 Å². The van der Waals surface area contributed by atoms with Gasteiger partial charge in [-0.2, -0.15) is 0 Å². The van der Waals surface area contributed by atoms with Crippen LogP contribution in [-0.4, -0.2) is 0 Å². The fourth-order valence-corrected chi connectivity index (χ4v) is 3.18. The number of rotatable bonds is 6. The van der Waals surface area contributed by atoms with Gasteiger partial charge >= 0.3 is 0 Å². The molecule has 0 bridgehead atoms. The van der Waals surface area contributed by atoms with Crippen LogP contribution in [0.3, 0.4) is 0 Å². The summed E-state index contributed by atoms with van der Waals surface area (Å²) in [6.07, 6.45) is -1.72. The standard InChI is InChI=1S/C23H17F7O/c1-3-4-12-5-7-13(8-6-12)14-9-16(25)22(21(28)18(14)23(29)30)31-17-10-15(24)20(27)19(26)11(17)2/h5-10,23H,3-4H2,1-2H3. The molecule has 0 aliphatic heterocycles. The van der Waals surface area contributed by atoms with Crippen LogP contribution in [0.2, 0.25) is 0 Å². The maximum absolute atomic E-state index is 14.9. The molecule has 8 heteroatoms. The maximum Gasteiger partial charge on any atom is 0.267 e. The number of alkyl halides is 2. The quantitative estimate of drug-likeness (QED) is 0.277. The summed E-state index contributed by atoms with van der Waals surface area (Å²) in [4.78, 5) is 0. The minimum Gasteiger partial charge on any atom is -0.451 e. The van der Waals surface area contributed by atoms with Gasteiger partial charge in [0.05, 0.1) is 5.56 Å². The molecule has 0 heterocycles. The second-order valence-electron chi connectivity index (χ2n) is 6.92. The van der Waals surface area contributed by atoms with E-state index in [2.05, 4.69) is 0 Å². The third-order valence-electron chi connectivity index (χ3n) is 4.81. The molecule has 0 aromatic heterocycles. The van der Waals surface area contributed by atoms with E-state index in [0.717, 1.165) is 25.3 Å². The van der Waals surface area contributed by atoms with Gasteiger partial charge in [0.1, 0.15) is 5.75 Å². The van der Waals surface area contributed by atoms with E-state index in [1.165, 1.54) is 12.1 Å². The first-order chi connectivity index (χ1) is 14.6. The lowest BCUT2D eigenvalue weighted by molar-refractivity contribution is 0.146. The number of aryl methyl sites for hydroxylation is 1. The zero-order valence-corrected chi connectivity index (χ0v) is 16.5. The molecule has 164 valence electrons. The summed E-state index contributed by atoms with van der Waals surface area (Å²) in [6.45, 7) is 2.95. The molecule has 3 aromatic carbocycles. The Morgan fingerprint density at radius 1 is 0.839 bits per heavy atom. The van der Waals surface area contributed by atoms with E-state index < -0.39 is 58.1 Å². The second-order valence-corrected chi connectivity index (χ2v) is 6.92. The van der Waals surface area contributed by atoms with E-state index >= 15 is 0 Å². The molecule has 0 fully saturated rings. The van der Waals surface area contributed by atoms with Crippen molar-refractivity contribution in [3.05, 3.63) is 82.2 Å². The Balaban J connectivity index is 2.12. The number of ether oxygens (including phenoxy) is 1. The van der Waals surface area contributed by atoms with Crippen molar-refractivity contribution in [1.29, 1.82) is 0 Å². The van der Waals surface area contributed by atoms with E-state index in [0.29, 0.717) is 12.1 Å². The van der Waals surface area contributed by atoms with Gasteiger partial charge in [-0.15, -0.1) is 0 Å². The van der Waals surface area contributed by atoms with Gasteiger partial charge in [0, 0.05) is 11.6 Å². The van der Waals surface area contributed by atoms with Gasteiger partial charge in [0.25, 0.3) is 6.43 Å². The summed E-state index contributed by atoms with van der Waals surface area (Å²) in [5.74, 6) is -10.2. The van der Waals surface area contributed by atoms with Crippen molar-refractivity contribution in [2.24, 2.45) is 0 Å². The van der Waals surface area contributed by atoms with E-state index in [-0.39, 0.29) is 11.1 Å². The second kappa shape index (κ2) is 8.99. The van der Waals surface area contributed by atoms with Gasteiger partial charge in [0.15, 0.2) is 34.8 Å². The zero-order valence-electron chi connectivity index (χ0n) is 16.5. The third-order valence-corrected chi connectivity index (χ3v) is 4.81. The number of halogens is 7. The Morgan fingerprint density at radius 2 is 1.48 bits per heavy atom. The number of hydrogen-bond acceptors (Lipinski definition) is 1. The monoisotopic (exact) mass is 442 g/mol. The lowest BCUT2D eigenvalue weighted by Gasteiger charge is -2.17. The van der Waals surface area contributed by atoms with Crippen LogP contribution in [-0.2, 0) is 6.42 Å². The van der Waals surface area contributed by atoms with Gasteiger partial charge in [0.2, 0.25) is 0 Å². The van der Waals surface area contributed by atoms with Crippen LogP contribution in [0.15, 0.2) is 36.4 Å². The highest BCUT2D eigenvalue weighted by Crippen LogP contribution is 2.41. The molecule has 0 aliphatic rings.